The van der Waals surface area contributed by atoms with E-state index in [1.165, 1.54) is 0 Å². The van der Waals surface area contributed by atoms with Gasteiger partial charge in [0.25, 0.3) is 5.56 Å². The monoisotopic (exact) mass is 234 g/mol. The lowest BCUT2D eigenvalue weighted by Crippen LogP contribution is -2.22. The van der Waals surface area contributed by atoms with Crippen molar-refractivity contribution in [2.45, 2.75) is 13.5 Å². The molecule has 0 atom stereocenters. The summed E-state index contributed by atoms with van der Waals surface area (Å²) in [4.78, 5) is 15.9. The van der Waals surface area contributed by atoms with Gasteiger partial charge in [-0.1, -0.05) is 23.7 Å². The fraction of sp³-hybridized carbons (Fsp3) is 0.167. The predicted molar refractivity (Wildman–Crippen MR) is 63.8 cm³/mol. The molecule has 0 unspecified atom stereocenters. The molecule has 0 saturated heterocycles. The van der Waals surface area contributed by atoms with Crippen LogP contribution in [0, 0.1) is 6.92 Å². The molecule has 2 aromatic rings. The van der Waals surface area contributed by atoms with Crippen molar-refractivity contribution in [1.82, 2.24) is 9.55 Å². The molecule has 0 spiro atoms. The van der Waals surface area contributed by atoms with Crippen LogP contribution in [0.3, 0.4) is 0 Å². The molecular formula is C12H11ClN2O. The van der Waals surface area contributed by atoms with E-state index < -0.39 is 0 Å². The molecule has 2 aromatic heterocycles. The Labute approximate surface area is 98.3 Å². The molecule has 0 fully saturated rings. The lowest BCUT2D eigenvalue weighted by atomic mass is 10.3. The summed E-state index contributed by atoms with van der Waals surface area (Å²) < 4.78 is 1.62. The smallest absolute Gasteiger partial charge is 0.253 e. The first kappa shape index (κ1) is 10.9. The second-order valence-electron chi connectivity index (χ2n) is 3.58. The summed E-state index contributed by atoms with van der Waals surface area (Å²) >= 11 is 5.78. The Morgan fingerprint density at radius 2 is 2.12 bits per heavy atom. The van der Waals surface area contributed by atoms with Gasteiger partial charge >= 0.3 is 0 Å². The average molecular weight is 235 g/mol. The van der Waals surface area contributed by atoms with Crippen molar-refractivity contribution in [3.63, 3.8) is 0 Å². The van der Waals surface area contributed by atoms with Crippen molar-refractivity contribution in [2.24, 2.45) is 0 Å². The summed E-state index contributed by atoms with van der Waals surface area (Å²) in [7, 11) is 0. The Morgan fingerprint density at radius 3 is 2.88 bits per heavy atom. The van der Waals surface area contributed by atoms with Crippen molar-refractivity contribution < 1.29 is 0 Å². The zero-order valence-corrected chi connectivity index (χ0v) is 9.61. The maximum Gasteiger partial charge on any atom is 0.253 e. The molecule has 3 nitrogen and oxygen atoms in total. The summed E-state index contributed by atoms with van der Waals surface area (Å²) in [6.45, 7) is 2.24. The molecule has 0 aliphatic rings. The molecule has 0 saturated carbocycles. The van der Waals surface area contributed by atoms with Crippen LogP contribution in [0.15, 0.2) is 41.3 Å². The van der Waals surface area contributed by atoms with Crippen LogP contribution in [-0.4, -0.2) is 9.55 Å². The van der Waals surface area contributed by atoms with Crippen molar-refractivity contribution in [3.8, 4) is 0 Å². The number of hydrogen-bond acceptors (Lipinski definition) is 2. The molecule has 2 heterocycles. The molecule has 0 aromatic carbocycles. The third kappa shape index (κ3) is 2.31. The van der Waals surface area contributed by atoms with Crippen LogP contribution < -0.4 is 5.56 Å². The van der Waals surface area contributed by atoms with Gasteiger partial charge < -0.3 is 4.57 Å². The number of hydrogen-bond donors (Lipinski definition) is 0. The normalized spacial score (nSPS) is 10.4. The van der Waals surface area contributed by atoms with E-state index in [2.05, 4.69) is 4.98 Å². The minimum Gasteiger partial charge on any atom is -0.309 e. The second kappa shape index (κ2) is 4.49. The number of nitrogens with zero attached hydrogens (tertiary/aromatic N) is 2. The van der Waals surface area contributed by atoms with E-state index in [0.29, 0.717) is 11.7 Å². The van der Waals surface area contributed by atoms with Gasteiger partial charge in [-0.3, -0.25) is 4.79 Å². The highest BCUT2D eigenvalue weighted by Gasteiger charge is 2.01. The Balaban J connectivity index is 2.34. The first-order valence-electron chi connectivity index (χ1n) is 4.94. The molecule has 0 radical (unpaired) electrons. The molecule has 2 rings (SSSR count). The van der Waals surface area contributed by atoms with Crippen molar-refractivity contribution in [3.05, 3.63) is 63.3 Å². The highest BCUT2D eigenvalue weighted by molar-refractivity contribution is 6.29. The first-order valence-corrected chi connectivity index (χ1v) is 5.32. The number of aromatic nitrogens is 2. The van der Waals surface area contributed by atoms with Crippen LogP contribution in [0.25, 0.3) is 0 Å². The van der Waals surface area contributed by atoms with Gasteiger partial charge in [-0.15, -0.1) is 0 Å². The molecular weight excluding hydrogens is 224 g/mol. The SMILES string of the molecule is Cc1cccn(Cc2cccc(Cl)n2)c1=O. The zero-order valence-electron chi connectivity index (χ0n) is 8.85. The Morgan fingerprint density at radius 1 is 1.31 bits per heavy atom. The van der Waals surface area contributed by atoms with Gasteiger partial charge in [0.2, 0.25) is 0 Å². The summed E-state index contributed by atoms with van der Waals surface area (Å²) in [5.74, 6) is 0. The van der Waals surface area contributed by atoms with Gasteiger partial charge in [0.1, 0.15) is 5.15 Å². The molecule has 82 valence electrons. The van der Waals surface area contributed by atoms with Gasteiger partial charge in [0.05, 0.1) is 12.2 Å². The van der Waals surface area contributed by atoms with E-state index >= 15 is 0 Å². The maximum atomic E-state index is 11.8. The Bertz CT molecular complexity index is 563. The van der Waals surface area contributed by atoms with E-state index in [0.717, 1.165) is 11.3 Å². The first-order chi connectivity index (χ1) is 7.66. The molecule has 0 amide bonds. The third-order valence-corrected chi connectivity index (χ3v) is 2.53. The second-order valence-corrected chi connectivity index (χ2v) is 3.96. The Kier molecular flexibility index (Phi) is 3.06. The summed E-state index contributed by atoms with van der Waals surface area (Å²) in [5, 5.41) is 0.443. The molecule has 16 heavy (non-hydrogen) atoms. The quantitative estimate of drug-likeness (QED) is 0.747. The Hall–Kier alpha value is -1.61. The predicted octanol–water partition coefficient (Wildman–Crippen LogP) is 2.25. The fourth-order valence-electron chi connectivity index (χ4n) is 1.49. The highest BCUT2D eigenvalue weighted by atomic mass is 35.5. The lowest BCUT2D eigenvalue weighted by Gasteiger charge is -2.05. The molecule has 0 aliphatic carbocycles. The molecule has 0 N–H and O–H groups in total. The van der Waals surface area contributed by atoms with Crippen LogP contribution in [0.4, 0.5) is 0 Å². The van der Waals surface area contributed by atoms with Gasteiger partial charge in [-0.2, -0.15) is 0 Å². The van der Waals surface area contributed by atoms with Crippen LogP contribution in [0.2, 0.25) is 5.15 Å². The van der Waals surface area contributed by atoms with Crippen molar-refractivity contribution in [2.75, 3.05) is 0 Å². The zero-order chi connectivity index (χ0) is 11.5. The largest absolute Gasteiger partial charge is 0.309 e. The lowest BCUT2D eigenvalue weighted by molar-refractivity contribution is 0.733. The molecule has 0 aliphatic heterocycles. The number of halogens is 1. The standard InChI is InChI=1S/C12H11ClN2O/c1-9-4-3-7-15(12(9)16)8-10-5-2-6-11(13)14-10/h2-7H,8H2,1H3. The van der Waals surface area contributed by atoms with E-state index in [9.17, 15) is 4.79 Å². The van der Waals surface area contributed by atoms with E-state index in [1.54, 1.807) is 29.8 Å². The number of rotatable bonds is 2. The minimum atomic E-state index is 0.00396. The van der Waals surface area contributed by atoms with Crippen LogP contribution in [0.5, 0.6) is 0 Å². The van der Waals surface area contributed by atoms with Gasteiger partial charge in [0, 0.05) is 11.8 Å². The average Bonchev–Trinajstić information content (AvgIpc) is 2.25. The highest BCUT2D eigenvalue weighted by Crippen LogP contribution is 2.05. The summed E-state index contributed by atoms with van der Waals surface area (Å²) in [6, 6.07) is 9.03. The van der Waals surface area contributed by atoms with Crippen LogP contribution in [0.1, 0.15) is 11.3 Å². The van der Waals surface area contributed by atoms with E-state index in [4.69, 9.17) is 11.6 Å². The van der Waals surface area contributed by atoms with E-state index in [-0.39, 0.29) is 5.56 Å². The van der Waals surface area contributed by atoms with Crippen molar-refractivity contribution in [1.29, 1.82) is 0 Å². The summed E-state index contributed by atoms with van der Waals surface area (Å²) in [5.41, 5.74) is 1.51. The van der Waals surface area contributed by atoms with Crippen LogP contribution >= 0.6 is 11.6 Å². The third-order valence-electron chi connectivity index (χ3n) is 2.32. The fourth-order valence-corrected chi connectivity index (χ4v) is 1.68. The van der Waals surface area contributed by atoms with Gasteiger partial charge in [-0.25, -0.2) is 4.98 Å². The maximum absolute atomic E-state index is 11.8. The van der Waals surface area contributed by atoms with E-state index in [1.807, 2.05) is 18.2 Å². The number of pyridine rings is 2. The minimum absolute atomic E-state index is 0.00396. The van der Waals surface area contributed by atoms with Crippen LogP contribution in [-0.2, 0) is 6.54 Å². The van der Waals surface area contributed by atoms with Gasteiger partial charge in [-0.05, 0) is 25.1 Å². The molecule has 4 heteroatoms. The van der Waals surface area contributed by atoms with Crippen molar-refractivity contribution >= 4 is 11.6 Å². The molecule has 0 bridgehead atoms. The topological polar surface area (TPSA) is 34.9 Å². The summed E-state index contributed by atoms with van der Waals surface area (Å²) in [6.07, 6.45) is 1.75. The number of aryl methyl sites for hydroxylation is 1. The van der Waals surface area contributed by atoms with Gasteiger partial charge in [0.15, 0.2) is 0 Å².